The first kappa shape index (κ1) is 17.7. The summed E-state index contributed by atoms with van der Waals surface area (Å²) < 4.78 is 11.8. The molecule has 2 aromatic carbocycles. The van der Waals surface area contributed by atoms with Gasteiger partial charge in [0.15, 0.2) is 0 Å². The van der Waals surface area contributed by atoms with Crippen LogP contribution in [0.25, 0.3) is 0 Å². The SMILES string of the molecule is c1ccc2c(c1)CC(c1cc[nH]c1CCCOc1cccc3c1SCCO3)C2. The Morgan fingerprint density at radius 2 is 1.89 bits per heavy atom. The van der Waals surface area contributed by atoms with E-state index in [4.69, 9.17) is 9.47 Å². The molecule has 1 aliphatic carbocycles. The number of rotatable bonds is 6. The number of nitrogens with one attached hydrogen (secondary N) is 1. The van der Waals surface area contributed by atoms with E-state index in [0.29, 0.717) is 5.92 Å². The van der Waals surface area contributed by atoms with Crippen molar-refractivity contribution in [3.63, 3.8) is 0 Å². The van der Waals surface area contributed by atoms with E-state index in [1.807, 2.05) is 23.9 Å². The van der Waals surface area contributed by atoms with Crippen LogP contribution in [0.4, 0.5) is 0 Å². The molecule has 144 valence electrons. The van der Waals surface area contributed by atoms with Gasteiger partial charge in [0.1, 0.15) is 11.5 Å². The van der Waals surface area contributed by atoms with Crippen LogP contribution in [0.2, 0.25) is 0 Å². The normalized spacial score (nSPS) is 15.7. The summed E-state index contributed by atoms with van der Waals surface area (Å²) >= 11 is 1.83. The van der Waals surface area contributed by atoms with Crippen LogP contribution in [-0.2, 0) is 19.3 Å². The fraction of sp³-hybridized carbons (Fsp3) is 0.333. The predicted molar refractivity (Wildman–Crippen MR) is 114 cm³/mol. The zero-order valence-corrected chi connectivity index (χ0v) is 16.8. The van der Waals surface area contributed by atoms with E-state index in [1.54, 1.807) is 0 Å². The molecule has 0 radical (unpaired) electrons. The third-order valence-electron chi connectivity index (χ3n) is 5.72. The van der Waals surface area contributed by atoms with Crippen molar-refractivity contribution in [3.05, 3.63) is 77.1 Å². The van der Waals surface area contributed by atoms with Crippen molar-refractivity contribution >= 4 is 11.8 Å². The number of H-pyrrole nitrogens is 1. The summed E-state index contributed by atoms with van der Waals surface area (Å²) in [6.07, 6.45) is 6.43. The number of hydrogen-bond donors (Lipinski definition) is 1. The van der Waals surface area contributed by atoms with Gasteiger partial charge in [-0.05, 0) is 66.5 Å². The summed E-state index contributed by atoms with van der Waals surface area (Å²) in [5.41, 5.74) is 5.87. The number of aryl methyl sites for hydroxylation is 1. The second-order valence-electron chi connectivity index (χ2n) is 7.52. The first-order chi connectivity index (χ1) is 13.9. The molecule has 2 aliphatic rings. The van der Waals surface area contributed by atoms with E-state index in [9.17, 15) is 0 Å². The fourth-order valence-electron chi connectivity index (χ4n) is 4.39. The number of benzene rings is 2. The molecule has 3 nitrogen and oxygen atoms in total. The van der Waals surface area contributed by atoms with Crippen LogP contribution in [0.3, 0.4) is 0 Å². The molecule has 0 atom stereocenters. The van der Waals surface area contributed by atoms with Gasteiger partial charge in [-0.15, -0.1) is 11.8 Å². The van der Waals surface area contributed by atoms with Crippen LogP contribution in [0.5, 0.6) is 11.5 Å². The van der Waals surface area contributed by atoms with Gasteiger partial charge in [-0.1, -0.05) is 30.3 Å². The van der Waals surface area contributed by atoms with Gasteiger partial charge in [0.25, 0.3) is 0 Å². The van der Waals surface area contributed by atoms with Crippen LogP contribution in [0, 0.1) is 0 Å². The van der Waals surface area contributed by atoms with Gasteiger partial charge in [0, 0.05) is 17.6 Å². The number of aromatic nitrogens is 1. The van der Waals surface area contributed by atoms with Crippen molar-refractivity contribution in [2.75, 3.05) is 19.0 Å². The topological polar surface area (TPSA) is 34.2 Å². The quantitative estimate of drug-likeness (QED) is 0.572. The Balaban J connectivity index is 1.19. The maximum Gasteiger partial charge on any atom is 0.136 e. The summed E-state index contributed by atoms with van der Waals surface area (Å²) in [7, 11) is 0. The molecule has 3 aromatic rings. The molecular formula is C24H25NO2S. The predicted octanol–water partition coefficient (Wildman–Crippen LogP) is 5.39. The Hall–Kier alpha value is -2.33. The highest BCUT2D eigenvalue weighted by atomic mass is 32.2. The van der Waals surface area contributed by atoms with E-state index < -0.39 is 0 Å². The molecule has 0 saturated carbocycles. The van der Waals surface area contributed by atoms with Crippen molar-refractivity contribution in [3.8, 4) is 11.5 Å². The van der Waals surface area contributed by atoms with E-state index in [0.717, 1.165) is 61.0 Å². The first-order valence-corrected chi connectivity index (χ1v) is 11.1. The largest absolute Gasteiger partial charge is 0.492 e. The maximum atomic E-state index is 6.10. The molecule has 0 unspecified atom stereocenters. The summed E-state index contributed by atoms with van der Waals surface area (Å²) in [5.74, 6) is 3.51. The highest BCUT2D eigenvalue weighted by molar-refractivity contribution is 7.99. The van der Waals surface area contributed by atoms with Crippen LogP contribution in [0.1, 0.15) is 34.7 Å². The van der Waals surface area contributed by atoms with Gasteiger partial charge in [-0.3, -0.25) is 0 Å². The molecular weight excluding hydrogens is 366 g/mol. The highest BCUT2D eigenvalue weighted by Crippen LogP contribution is 2.40. The summed E-state index contributed by atoms with van der Waals surface area (Å²) in [6.45, 7) is 1.50. The van der Waals surface area contributed by atoms with Crippen LogP contribution in [0.15, 0.2) is 59.6 Å². The highest BCUT2D eigenvalue weighted by Gasteiger charge is 2.24. The average molecular weight is 392 g/mol. The van der Waals surface area contributed by atoms with E-state index in [-0.39, 0.29) is 0 Å². The minimum Gasteiger partial charge on any atom is -0.492 e. The second-order valence-corrected chi connectivity index (χ2v) is 8.62. The van der Waals surface area contributed by atoms with Crippen LogP contribution >= 0.6 is 11.8 Å². The molecule has 28 heavy (non-hydrogen) atoms. The fourth-order valence-corrected chi connectivity index (χ4v) is 5.29. The lowest BCUT2D eigenvalue weighted by atomic mass is 9.95. The number of aromatic amines is 1. The average Bonchev–Trinajstić information content (AvgIpc) is 3.37. The Morgan fingerprint density at radius 3 is 2.75 bits per heavy atom. The molecule has 1 N–H and O–H groups in total. The molecule has 1 aromatic heterocycles. The van der Waals surface area contributed by atoms with Crippen molar-refractivity contribution in [1.82, 2.24) is 4.98 Å². The number of thioether (sulfide) groups is 1. The molecule has 0 saturated heterocycles. The molecule has 0 spiro atoms. The van der Waals surface area contributed by atoms with Gasteiger partial charge in [-0.2, -0.15) is 0 Å². The van der Waals surface area contributed by atoms with Gasteiger partial charge in [0.05, 0.1) is 18.1 Å². The molecule has 5 rings (SSSR count). The molecule has 1 aliphatic heterocycles. The smallest absolute Gasteiger partial charge is 0.136 e. The van der Waals surface area contributed by atoms with Crippen molar-refractivity contribution in [2.45, 2.75) is 36.5 Å². The van der Waals surface area contributed by atoms with Crippen LogP contribution < -0.4 is 9.47 Å². The maximum absolute atomic E-state index is 6.10. The molecule has 4 heteroatoms. The first-order valence-electron chi connectivity index (χ1n) is 10.1. The lowest BCUT2D eigenvalue weighted by molar-refractivity contribution is 0.289. The van der Waals surface area contributed by atoms with Crippen molar-refractivity contribution in [1.29, 1.82) is 0 Å². The number of ether oxygens (including phenoxy) is 2. The Labute approximate surface area is 170 Å². The number of fused-ring (bicyclic) bond motifs is 2. The van der Waals surface area contributed by atoms with Gasteiger partial charge in [-0.25, -0.2) is 0 Å². The second kappa shape index (κ2) is 7.96. The van der Waals surface area contributed by atoms with E-state index in [1.165, 1.54) is 22.4 Å². The minimum atomic E-state index is 0.606. The van der Waals surface area contributed by atoms with E-state index in [2.05, 4.69) is 47.6 Å². The number of hydrogen-bond acceptors (Lipinski definition) is 3. The van der Waals surface area contributed by atoms with Crippen molar-refractivity contribution in [2.24, 2.45) is 0 Å². The zero-order valence-electron chi connectivity index (χ0n) is 15.9. The molecule has 0 bridgehead atoms. The Morgan fingerprint density at radius 1 is 1.04 bits per heavy atom. The van der Waals surface area contributed by atoms with E-state index >= 15 is 0 Å². The Kier molecular flexibility index (Phi) is 5.05. The van der Waals surface area contributed by atoms with Gasteiger partial charge >= 0.3 is 0 Å². The zero-order chi connectivity index (χ0) is 18.8. The lowest BCUT2D eigenvalue weighted by Gasteiger charge is -2.19. The monoisotopic (exact) mass is 391 g/mol. The van der Waals surface area contributed by atoms with Gasteiger partial charge in [0.2, 0.25) is 0 Å². The summed E-state index contributed by atoms with van der Waals surface area (Å²) in [5, 5.41) is 0. The third-order valence-corrected chi connectivity index (χ3v) is 6.78. The summed E-state index contributed by atoms with van der Waals surface area (Å²) in [4.78, 5) is 4.63. The summed E-state index contributed by atoms with van der Waals surface area (Å²) in [6, 6.07) is 17.2. The van der Waals surface area contributed by atoms with Gasteiger partial charge < -0.3 is 14.5 Å². The molecule has 0 amide bonds. The molecule has 0 fully saturated rings. The lowest BCUT2D eigenvalue weighted by Crippen LogP contribution is -2.09. The minimum absolute atomic E-state index is 0.606. The standard InChI is InChI=1S/C24H25NO2S/c1-2-6-18-16-19(15-17(18)5-1)20-10-11-25-21(20)7-4-12-26-22-8-3-9-23-24(22)28-14-13-27-23/h1-3,5-6,8-11,19,25H,4,7,12-16H2. The Bertz CT molecular complexity index is 940. The third kappa shape index (κ3) is 3.53. The molecule has 2 heterocycles. The van der Waals surface area contributed by atoms with Crippen molar-refractivity contribution < 1.29 is 9.47 Å². The van der Waals surface area contributed by atoms with Crippen LogP contribution in [-0.4, -0.2) is 24.0 Å².